The van der Waals surface area contributed by atoms with Crippen LogP contribution in [0.15, 0.2) is 30.3 Å². The summed E-state index contributed by atoms with van der Waals surface area (Å²) in [6.07, 6.45) is 0.648. The van der Waals surface area contributed by atoms with Crippen LogP contribution in [0.25, 0.3) is 0 Å². The van der Waals surface area contributed by atoms with Crippen LogP contribution in [0, 0.1) is 11.3 Å². The first-order chi connectivity index (χ1) is 7.22. The second kappa shape index (κ2) is 5.82. The lowest BCUT2D eigenvalue weighted by atomic mass is 10.1. The zero-order valence-corrected chi connectivity index (χ0v) is 8.64. The number of rotatable bonds is 4. The van der Waals surface area contributed by atoms with Crippen LogP contribution in [0.3, 0.4) is 0 Å². The average molecular weight is 203 g/mol. The van der Waals surface area contributed by atoms with E-state index in [4.69, 9.17) is 10.00 Å². The molecular weight excluding hydrogens is 190 g/mol. The number of ether oxygens (including phenoxy) is 1. The van der Waals surface area contributed by atoms with Gasteiger partial charge in [-0.1, -0.05) is 30.3 Å². The standard InChI is InChI=1S/C12H13NO2/c1-10(14)15-12(9-13)8-7-11-5-3-2-4-6-11/h2-6,12H,7-8H2,1H3/t12-/m1/s1. The van der Waals surface area contributed by atoms with Crippen molar-refractivity contribution in [2.45, 2.75) is 25.9 Å². The molecule has 0 saturated carbocycles. The van der Waals surface area contributed by atoms with Crippen molar-refractivity contribution in [3.63, 3.8) is 0 Å². The fourth-order valence-electron chi connectivity index (χ4n) is 1.29. The summed E-state index contributed by atoms with van der Waals surface area (Å²) in [4.78, 5) is 10.7. The minimum atomic E-state index is -0.636. The van der Waals surface area contributed by atoms with Crippen LogP contribution in [0.4, 0.5) is 0 Å². The Labute approximate surface area is 89.3 Å². The molecule has 0 aliphatic rings. The summed E-state index contributed by atoms with van der Waals surface area (Å²) in [6.45, 7) is 1.31. The maximum absolute atomic E-state index is 10.7. The number of aryl methyl sites for hydroxylation is 1. The lowest BCUT2D eigenvalue weighted by molar-refractivity contribution is -0.144. The van der Waals surface area contributed by atoms with Crippen LogP contribution in [0.1, 0.15) is 18.9 Å². The van der Waals surface area contributed by atoms with E-state index in [0.29, 0.717) is 6.42 Å². The van der Waals surface area contributed by atoms with Gasteiger partial charge in [-0.05, 0) is 12.0 Å². The van der Waals surface area contributed by atoms with Crippen LogP contribution in [0.2, 0.25) is 0 Å². The Hall–Kier alpha value is -1.82. The van der Waals surface area contributed by atoms with E-state index in [-0.39, 0.29) is 0 Å². The van der Waals surface area contributed by atoms with Crippen molar-refractivity contribution < 1.29 is 9.53 Å². The number of carbonyl (C=O) groups is 1. The third-order valence-electron chi connectivity index (χ3n) is 1.99. The van der Waals surface area contributed by atoms with Crippen molar-refractivity contribution in [2.75, 3.05) is 0 Å². The molecule has 78 valence electrons. The van der Waals surface area contributed by atoms with Crippen molar-refractivity contribution in [3.8, 4) is 6.07 Å². The molecule has 3 heteroatoms. The highest BCUT2D eigenvalue weighted by molar-refractivity contribution is 5.66. The lowest BCUT2D eigenvalue weighted by Gasteiger charge is -2.08. The zero-order valence-electron chi connectivity index (χ0n) is 8.64. The largest absolute Gasteiger partial charge is 0.447 e. The van der Waals surface area contributed by atoms with E-state index in [1.807, 2.05) is 36.4 Å². The van der Waals surface area contributed by atoms with Gasteiger partial charge in [0.25, 0.3) is 0 Å². The van der Waals surface area contributed by atoms with E-state index in [9.17, 15) is 4.79 Å². The number of hydrogen-bond acceptors (Lipinski definition) is 3. The van der Waals surface area contributed by atoms with Crippen molar-refractivity contribution in [1.82, 2.24) is 0 Å². The van der Waals surface area contributed by atoms with Gasteiger partial charge in [0.15, 0.2) is 6.10 Å². The molecular formula is C12H13NO2. The van der Waals surface area contributed by atoms with E-state index in [1.54, 1.807) is 0 Å². The summed E-state index contributed by atoms with van der Waals surface area (Å²) < 4.78 is 4.82. The van der Waals surface area contributed by atoms with E-state index >= 15 is 0 Å². The van der Waals surface area contributed by atoms with E-state index in [2.05, 4.69) is 0 Å². The SMILES string of the molecule is CC(=O)O[C@@H](C#N)CCc1ccccc1. The molecule has 1 aromatic carbocycles. The van der Waals surface area contributed by atoms with Crippen LogP contribution < -0.4 is 0 Å². The molecule has 15 heavy (non-hydrogen) atoms. The maximum Gasteiger partial charge on any atom is 0.303 e. The minimum Gasteiger partial charge on any atom is -0.447 e. The number of esters is 1. The number of hydrogen-bond donors (Lipinski definition) is 0. The zero-order chi connectivity index (χ0) is 11.1. The van der Waals surface area contributed by atoms with Gasteiger partial charge < -0.3 is 4.74 Å². The van der Waals surface area contributed by atoms with Gasteiger partial charge in [0.05, 0.1) is 0 Å². The molecule has 0 N–H and O–H groups in total. The van der Waals surface area contributed by atoms with Gasteiger partial charge in [-0.15, -0.1) is 0 Å². The van der Waals surface area contributed by atoms with E-state index in [1.165, 1.54) is 6.92 Å². The minimum absolute atomic E-state index is 0.408. The molecule has 0 spiro atoms. The quantitative estimate of drug-likeness (QED) is 0.704. The normalized spacial score (nSPS) is 11.5. The molecule has 0 aliphatic carbocycles. The van der Waals surface area contributed by atoms with Crippen LogP contribution in [-0.2, 0) is 16.0 Å². The van der Waals surface area contributed by atoms with Gasteiger partial charge in [-0.25, -0.2) is 0 Å². The summed E-state index contributed by atoms with van der Waals surface area (Å²) in [7, 11) is 0. The number of carbonyl (C=O) groups excluding carboxylic acids is 1. The molecule has 0 aromatic heterocycles. The first-order valence-electron chi connectivity index (χ1n) is 4.83. The predicted molar refractivity (Wildman–Crippen MR) is 55.9 cm³/mol. The second-order valence-electron chi connectivity index (χ2n) is 3.25. The monoisotopic (exact) mass is 203 g/mol. The smallest absolute Gasteiger partial charge is 0.303 e. The lowest BCUT2D eigenvalue weighted by Crippen LogP contribution is -2.14. The molecule has 3 nitrogen and oxygen atoms in total. The van der Waals surface area contributed by atoms with E-state index < -0.39 is 12.1 Å². The molecule has 0 amide bonds. The fraction of sp³-hybridized carbons (Fsp3) is 0.333. The number of benzene rings is 1. The average Bonchev–Trinajstić information content (AvgIpc) is 2.25. The molecule has 0 bridgehead atoms. The van der Waals surface area contributed by atoms with Gasteiger partial charge in [-0.2, -0.15) is 5.26 Å². The summed E-state index contributed by atoms with van der Waals surface area (Å²) >= 11 is 0. The van der Waals surface area contributed by atoms with Crippen molar-refractivity contribution >= 4 is 5.97 Å². The molecule has 0 fully saturated rings. The second-order valence-corrected chi connectivity index (χ2v) is 3.25. The van der Waals surface area contributed by atoms with Gasteiger partial charge >= 0.3 is 5.97 Å². The van der Waals surface area contributed by atoms with Crippen molar-refractivity contribution in [1.29, 1.82) is 5.26 Å². The highest BCUT2D eigenvalue weighted by Crippen LogP contribution is 2.07. The summed E-state index contributed by atoms with van der Waals surface area (Å²) in [6, 6.07) is 11.8. The molecule has 0 unspecified atom stereocenters. The molecule has 0 aliphatic heterocycles. The Morgan fingerprint density at radius 1 is 1.47 bits per heavy atom. The molecule has 0 saturated heterocycles. The molecule has 1 aromatic rings. The number of nitrogens with zero attached hydrogens (tertiary/aromatic N) is 1. The Kier molecular flexibility index (Phi) is 4.36. The highest BCUT2D eigenvalue weighted by atomic mass is 16.5. The molecule has 1 rings (SSSR count). The van der Waals surface area contributed by atoms with Crippen LogP contribution in [-0.4, -0.2) is 12.1 Å². The third-order valence-corrected chi connectivity index (χ3v) is 1.99. The highest BCUT2D eigenvalue weighted by Gasteiger charge is 2.10. The van der Waals surface area contributed by atoms with Gasteiger partial charge in [-0.3, -0.25) is 4.79 Å². The molecule has 0 heterocycles. The van der Waals surface area contributed by atoms with Crippen molar-refractivity contribution in [3.05, 3.63) is 35.9 Å². The van der Waals surface area contributed by atoms with Gasteiger partial charge in [0, 0.05) is 13.3 Å². The Balaban J connectivity index is 2.42. The Bertz CT molecular complexity index is 354. The Morgan fingerprint density at radius 3 is 2.67 bits per heavy atom. The topological polar surface area (TPSA) is 50.1 Å². The summed E-state index contributed by atoms with van der Waals surface area (Å²) in [5.74, 6) is -0.408. The Morgan fingerprint density at radius 2 is 2.13 bits per heavy atom. The maximum atomic E-state index is 10.7. The number of nitriles is 1. The van der Waals surface area contributed by atoms with Crippen LogP contribution in [0.5, 0.6) is 0 Å². The van der Waals surface area contributed by atoms with Crippen molar-refractivity contribution in [2.24, 2.45) is 0 Å². The van der Waals surface area contributed by atoms with Gasteiger partial charge in [0.2, 0.25) is 0 Å². The van der Waals surface area contributed by atoms with E-state index in [0.717, 1.165) is 12.0 Å². The molecule has 1 atom stereocenters. The summed E-state index contributed by atoms with van der Waals surface area (Å²) in [5.41, 5.74) is 1.14. The van der Waals surface area contributed by atoms with Gasteiger partial charge in [0.1, 0.15) is 6.07 Å². The first kappa shape index (κ1) is 11.3. The summed E-state index contributed by atoms with van der Waals surface area (Å²) in [5, 5.41) is 8.73. The first-order valence-corrected chi connectivity index (χ1v) is 4.83. The predicted octanol–water partition coefficient (Wildman–Crippen LogP) is 2.07. The molecule has 0 radical (unpaired) electrons. The van der Waals surface area contributed by atoms with Crippen LogP contribution >= 0.6 is 0 Å². The third kappa shape index (κ3) is 4.28. The fourth-order valence-corrected chi connectivity index (χ4v) is 1.29.